The molecule has 0 amide bonds. The molecule has 166 valence electrons. The molecule has 3 aromatic rings. The number of piperazine rings is 1. The van der Waals surface area contributed by atoms with Crippen LogP contribution < -0.4 is 15.8 Å². The average molecular weight is 483 g/mol. The molecule has 3 heterocycles. The van der Waals surface area contributed by atoms with Crippen LogP contribution in [0.1, 0.15) is 25.5 Å². The fourth-order valence-electron chi connectivity index (χ4n) is 3.84. The Morgan fingerprint density at radius 3 is 2.42 bits per heavy atom. The van der Waals surface area contributed by atoms with E-state index < -0.39 is 0 Å². The zero-order chi connectivity index (χ0) is 20.4. The van der Waals surface area contributed by atoms with Gasteiger partial charge in [0.15, 0.2) is 0 Å². The van der Waals surface area contributed by atoms with Crippen LogP contribution in [0.15, 0.2) is 59.7 Å². The maximum Gasteiger partial charge on any atom is 0.255 e. The molecule has 2 aromatic heterocycles. The number of halogens is 3. The van der Waals surface area contributed by atoms with Crippen molar-refractivity contribution in [2.45, 2.75) is 32.5 Å². The Morgan fingerprint density at radius 2 is 1.77 bits per heavy atom. The van der Waals surface area contributed by atoms with Gasteiger partial charge in [0.05, 0.1) is 11.7 Å². The molecule has 2 unspecified atom stereocenters. The minimum absolute atomic E-state index is 0. The fraction of sp³-hybridized carbons (Fsp3) is 0.318. The first kappa shape index (κ1) is 25.1. The number of pyridine rings is 1. The summed E-state index contributed by atoms with van der Waals surface area (Å²) in [6, 6.07) is 13.6. The van der Waals surface area contributed by atoms with Crippen molar-refractivity contribution in [2.75, 3.05) is 18.0 Å². The van der Waals surface area contributed by atoms with Crippen LogP contribution in [0.4, 0.5) is 5.95 Å². The lowest BCUT2D eigenvalue weighted by atomic mass is 10.0. The van der Waals surface area contributed by atoms with Crippen LogP contribution in [0.25, 0.3) is 11.3 Å². The van der Waals surface area contributed by atoms with E-state index in [1.807, 2.05) is 43.3 Å². The largest absolute Gasteiger partial charge is 0.339 e. The number of nitrogens with one attached hydrogen (secondary N) is 1. The summed E-state index contributed by atoms with van der Waals surface area (Å²) in [5, 5.41) is 4.37. The zero-order valence-electron chi connectivity index (χ0n) is 17.4. The van der Waals surface area contributed by atoms with Crippen molar-refractivity contribution in [1.82, 2.24) is 19.9 Å². The van der Waals surface area contributed by atoms with Crippen LogP contribution in [-0.2, 0) is 6.54 Å². The van der Waals surface area contributed by atoms with Gasteiger partial charge in [-0.15, -0.1) is 24.8 Å². The van der Waals surface area contributed by atoms with Crippen molar-refractivity contribution in [3.05, 3.63) is 75.8 Å². The van der Waals surface area contributed by atoms with Crippen molar-refractivity contribution in [3.8, 4) is 11.3 Å². The SMILES string of the molecule is CCn1c(N2CC(C)NC(c3ccc(Cl)cc3)C2)nc(-c2ccncc2)cc1=O.Cl.Cl. The Bertz CT molecular complexity index is 1040. The van der Waals surface area contributed by atoms with Crippen molar-refractivity contribution in [3.63, 3.8) is 0 Å². The van der Waals surface area contributed by atoms with Gasteiger partial charge in [0.2, 0.25) is 5.95 Å². The minimum Gasteiger partial charge on any atom is -0.339 e. The smallest absolute Gasteiger partial charge is 0.255 e. The Kier molecular flexibility index (Phi) is 8.89. The second-order valence-electron chi connectivity index (χ2n) is 7.34. The van der Waals surface area contributed by atoms with Crippen molar-refractivity contribution in [2.24, 2.45) is 0 Å². The van der Waals surface area contributed by atoms with Gasteiger partial charge in [0, 0.05) is 54.7 Å². The van der Waals surface area contributed by atoms with Gasteiger partial charge in [-0.2, -0.15) is 0 Å². The summed E-state index contributed by atoms with van der Waals surface area (Å²) in [5.41, 5.74) is 2.69. The molecule has 31 heavy (non-hydrogen) atoms. The summed E-state index contributed by atoms with van der Waals surface area (Å²) < 4.78 is 1.74. The average Bonchev–Trinajstić information content (AvgIpc) is 2.74. The van der Waals surface area contributed by atoms with Gasteiger partial charge in [-0.1, -0.05) is 23.7 Å². The third-order valence-corrected chi connectivity index (χ3v) is 5.47. The lowest BCUT2D eigenvalue weighted by Crippen LogP contribution is -2.52. The molecule has 4 rings (SSSR count). The standard InChI is InChI=1S/C22H24ClN5O.2ClH/c1-3-28-21(29)12-19(17-8-10-24-11-9-17)26-22(28)27-13-15(2)25-20(14-27)16-4-6-18(23)7-5-16;;/h4-12,15,20,25H,3,13-14H2,1-2H3;2*1H. The molecule has 2 atom stereocenters. The highest BCUT2D eigenvalue weighted by Crippen LogP contribution is 2.25. The van der Waals surface area contributed by atoms with E-state index in [1.54, 1.807) is 23.0 Å². The number of aromatic nitrogens is 3. The van der Waals surface area contributed by atoms with E-state index in [2.05, 4.69) is 22.1 Å². The van der Waals surface area contributed by atoms with E-state index >= 15 is 0 Å². The summed E-state index contributed by atoms with van der Waals surface area (Å²) in [7, 11) is 0. The molecule has 0 saturated carbocycles. The Morgan fingerprint density at radius 1 is 1.10 bits per heavy atom. The van der Waals surface area contributed by atoms with Gasteiger partial charge in [-0.3, -0.25) is 14.3 Å². The first-order valence-electron chi connectivity index (χ1n) is 9.84. The molecule has 0 bridgehead atoms. The highest BCUT2D eigenvalue weighted by atomic mass is 35.5. The van der Waals surface area contributed by atoms with E-state index in [4.69, 9.17) is 16.6 Å². The van der Waals surface area contributed by atoms with E-state index in [1.165, 1.54) is 5.56 Å². The number of rotatable bonds is 4. The van der Waals surface area contributed by atoms with Crippen LogP contribution >= 0.6 is 36.4 Å². The number of hydrogen-bond donors (Lipinski definition) is 1. The molecule has 1 saturated heterocycles. The quantitative estimate of drug-likeness (QED) is 0.598. The van der Waals surface area contributed by atoms with Crippen LogP contribution in [0.5, 0.6) is 0 Å². The second-order valence-corrected chi connectivity index (χ2v) is 7.77. The summed E-state index contributed by atoms with van der Waals surface area (Å²) in [6.45, 7) is 6.19. The van der Waals surface area contributed by atoms with E-state index in [0.717, 1.165) is 23.7 Å². The van der Waals surface area contributed by atoms with Gasteiger partial charge < -0.3 is 10.2 Å². The van der Waals surface area contributed by atoms with E-state index in [9.17, 15) is 4.79 Å². The minimum atomic E-state index is -0.0430. The third kappa shape index (κ3) is 5.57. The van der Waals surface area contributed by atoms with E-state index in [0.29, 0.717) is 18.2 Å². The Hall–Kier alpha value is -2.12. The van der Waals surface area contributed by atoms with Crippen LogP contribution in [0.3, 0.4) is 0 Å². The predicted octanol–water partition coefficient (Wildman–Crippen LogP) is 4.36. The maximum absolute atomic E-state index is 12.8. The summed E-state index contributed by atoms with van der Waals surface area (Å²) >= 11 is 6.05. The topological polar surface area (TPSA) is 63.1 Å². The molecule has 0 aliphatic carbocycles. The summed E-state index contributed by atoms with van der Waals surface area (Å²) in [4.78, 5) is 24.0. The van der Waals surface area contributed by atoms with Gasteiger partial charge in [0.1, 0.15) is 0 Å². The Labute approximate surface area is 199 Å². The number of nitrogens with zero attached hydrogens (tertiary/aromatic N) is 4. The Balaban J connectivity index is 0.00000171. The summed E-state index contributed by atoms with van der Waals surface area (Å²) in [6.07, 6.45) is 3.43. The number of benzene rings is 1. The monoisotopic (exact) mass is 481 g/mol. The molecule has 0 spiro atoms. The lowest BCUT2D eigenvalue weighted by molar-refractivity contribution is 0.388. The molecule has 1 aliphatic heterocycles. The predicted molar refractivity (Wildman–Crippen MR) is 131 cm³/mol. The van der Waals surface area contributed by atoms with Crippen molar-refractivity contribution in [1.29, 1.82) is 0 Å². The van der Waals surface area contributed by atoms with Crippen LogP contribution in [0, 0.1) is 0 Å². The second kappa shape index (κ2) is 11.0. The highest BCUT2D eigenvalue weighted by molar-refractivity contribution is 6.30. The molecular formula is C22H26Cl3N5O. The molecule has 1 N–H and O–H groups in total. The van der Waals surface area contributed by atoms with Crippen molar-refractivity contribution < 1.29 is 0 Å². The number of anilines is 1. The normalized spacial score (nSPS) is 18.1. The third-order valence-electron chi connectivity index (χ3n) is 5.22. The van der Waals surface area contributed by atoms with Gasteiger partial charge >= 0.3 is 0 Å². The molecule has 1 aliphatic rings. The van der Waals surface area contributed by atoms with Gasteiger partial charge in [-0.25, -0.2) is 4.98 Å². The van der Waals surface area contributed by atoms with Gasteiger partial charge in [0.25, 0.3) is 5.56 Å². The first-order chi connectivity index (χ1) is 14.0. The van der Waals surface area contributed by atoms with Gasteiger partial charge in [-0.05, 0) is 43.7 Å². The van der Waals surface area contributed by atoms with E-state index in [-0.39, 0.29) is 42.5 Å². The molecular weight excluding hydrogens is 457 g/mol. The highest BCUT2D eigenvalue weighted by Gasteiger charge is 2.28. The molecule has 0 radical (unpaired) electrons. The molecule has 9 heteroatoms. The molecule has 6 nitrogen and oxygen atoms in total. The van der Waals surface area contributed by atoms with Crippen LogP contribution in [0.2, 0.25) is 5.02 Å². The lowest BCUT2D eigenvalue weighted by Gasteiger charge is -2.39. The van der Waals surface area contributed by atoms with Crippen LogP contribution in [-0.4, -0.2) is 33.7 Å². The first-order valence-corrected chi connectivity index (χ1v) is 10.2. The summed E-state index contributed by atoms with van der Waals surface area (Å²) in [5.74, 6) is 0.708. The maximum atomic E-state index is 12.8. The zero-order valence-corrected chi connectivity index (χ0v) is 19.8. The fourth-order valence-corrected chi connectivity index (χ4v) is 3.96. The molecule has 1 fully saturated rings. The van der Waals surface area contributed by atoms with Crippen molar-refractivity contribution >= 4 is 42.4 Å². The molecule has 1 aromatic carbocycles. The number of hydrogen-bond acceptors (Lipinski definition) is 5.